The fraction of sp³-hybridized carbons (Fsp3) is 0.324. The summed E-state index contributed by atoms with van der Waals surface area (Å²) >= 11 is 17.2. The standard InChI is InChI=1S/C16H21ClN2O5.C11H13ClN2O3.C10H11ClN2O3/c1-16(2,3)24-15(22)19-12(14(21)23-4)8-13(20)10-6-5-9(17)7-11(10)18;1-17-11(16)9(14)5-10(15)7-3-2-6(12)4-8(7)13;11-5-1-2-6(7(12)3-5)9(14)4-8(13)10(15)16/h5-7,12H,8,18H2,1-4H3,(H,19,22);2-4,9H,5,13-14H2,1H3;1-3,8H,4,12-13H2,(H,15,16)/t12-;9-;8-/m000/s1. The molecule has 0 aliphatic carbocycles. The number of anilines is 3. The van der Waals surface area contributed by atoms with Crippen LogP contribution >= 0.6 is 34.8 Å². The fourth-order valence-corrected chi connectivity index (χ4v) is 4.93. The van der Waals surface area contributed by atoms with Crippen molar-refractivity contribution in [2.75, 3.05) is 31.4 Å². The van der Waals surface area contributed by atoms with Crippen LogP contribution in [0.5, 0.6) is 0 Å². The van der Waals surface area contributed by atoms with Gasteiger partial charge in [0, 0.05) is 68.1 Å². The van der Waals surface area contributed by atoms with Crippen LogP contribution in [0.3, 0.4) is 0 Å². The molecular formula is C37H45Cl3N6O11. The van der Waals surface area contributed by atoms with E-state index in [9.17, 15) is 33.6 Å². The number of alkyl carbamates (subject to hydrolysis) is 1. The first-order valence-corrected chi connectivity index (χ1v) is 17.7. The maximum atomic E-state index is 12.4. The summed E-state index contributed by atoms with van der Waals surface area (Å²) in [6.07, 6.45) is -1.59. The molecule has 0 heterocycles. The van der Waals surface area contributed by atoms with Crippen molar-refractivity contribution in [1.82, 2.24) is 5.32 Å². The van der Waals surface area contributed by atoms with E-state index in [1.807, 2.05) is 0 Å². The molecule has 12 N–H and O–H groups in total. The minimum atomic E-state index is -1.22. The first-order chi connectivity index (χ1) is 26.4. The van der Waals surface area contributed by atoms with E-state index in [4.69, 9.17) is 73.3 Å². The molecule has 0 aliphatic heterocycles. The fourth-order valence-electron chi connectivity index (χ4n) is 4.38. The lowest BCUT2D eigenvalue weighted by molar-refractivity contribution is -0.143. The van der Waals surface area contributed by atoms with Crippen LogP contribution in [0.15, 0.2) is 54.6 Å². The van der Waals surface area contributed by atoms with E-state index in [-0.39, 0.29) is 53.2 Å². The average molecular weight is 856 g/mol. The number of hydrogen-bond donors (Lipinski definition) is 7. The molecule has 0 saturated heterocycles. The largest absolute Gasteiger partial charge is 0.480 e. The second-order valence-electron chi connectivity index (χ2n) is 12.9. The highest BCUT2D eigenvalue weighted by molar-refractivity contribution is 6.31. The molecule has 1 amide bonds. The van der Waals surface area contributed by atoms with Crippen LogP contribution in [0.25, 0.3) is 0 Å². The lowest BCUT2D eigenvalue weighted by Gasteiger charge is -2.22. The molecule has 3 rings (SSSR count). The van der Waals surface area contributed by atoms with Crippen molar-refractivity contribution in [3.05, 3.63) is 86.4 Å². The number of halogens is 3. The minimum Gasteiger partial charge on any atom is -0.480 e. The molecule has 3 aromatic carbocycles. The van der Waals surface area contributed by atoms with Crippen LogP contribution in [0.4, 0.5) is 21.9 Å². The number of ether oxygens (including phenoxy) is 3. The Kier molecular flexibility index (Phi) is 19.9. The van der Waals surface area contributed by atoms with E-state index < -0.39 is 59.3 Å². The minimum absolute atomic E-state index is 0.154. The number of nitrogen functional groups attached to an aromatic ring is 3. The zero-order chi connectivity index (χ0) is 43.8. The van der Waals surface area contributed by atoms with Crippen LogP contribution < -0.4 is 34.0 Å². The molecule has 0 saturated carbocycles. The van der Waals surface area contributed by atoms with Gasteiger partial charge in [-0.15, -0.1) is 0 Å². The number of amides is 1. The molecule has 0 unspecified atom stereocenters. The zero-order valence-electron chi connectivity index (χ0n) is 31.6. The molecule has 20 heteroatoms. The number of ketones is 3. The van der Waals surface area contributed by atoms with Crippen LogP contribution in [0.1, 0.15) is 71.1 Å². The van der Waals surface area contributed by atoms with Crippen LogP contribution in [0, 0.1) is 0 Å². The van der Waals surface area contributed by atoms with Crippen LogP contribution in [0.2, 0.25) is 15.1 Å². The van der Waals surface area contributed by atoms with Crippen LogP contribution in [-0.2, 0) is 28.6 Å². The van der Waals surface area contributed by atoms with Gasteiger partial charge in [0.1, 0.15) is 23.7 Å². The summed E-state index contributed by atoms with van der Waals surface area (Å²) in [5, 5.41) is 12.1. The highest BCUT2D eigenvalue weighted by Gasteiger charge is 2.28. The molecule has 0 radical (unpaired) electrons. The quantitative estimate of drug-likeness (QED) is 0.0540. The summed E-state index contributed by atoms with van der Waals surface area (Å²) in [6.45, 7) is 5.04. The van der Waals surface area contributed by atoms with E-state index in [0.29, 0.717) is 20.6 Å². The van der Waals surface area contributed by atoms with Crippen molar-refractivity contribution in [2.45, 2.75) is 63.8 Å². The molecule has 0 aromatic heterocycles. The van der Waals surface area contributed by atoms with Gasteiger partial charge in [0.25, 0.3) is 0 Å². The number of rotatable bonds is 13. The van der Waals surface area contributed by atoms with Gasteiger partial charge in [-0.25, -0.2) is 9.59 Å². The second kappa shape index (κ2) is 22.9. The van der Waals surface area contributed by atoms with Crippen molar-refractivity contribution < 1.29 is 52.9 Å². The number of nitrogens with two attached hydrogens (primary N) is 5. The van der Waals surface area contributed by atoms with E-state index in [1.54, 1.807) is 26.8 Å². The predicted octanol–water partition coefficient (Wildman–Crippen LogP) is 4.46. The summed E-state index contributed by atoms with van der Waals surface area (Å²) < 4.78 is 14.1. The zero-order valence-corrected chi connectivity index (χ0v) is 33.9. The Morgan fingerprint density at radius 2 is 0.982 bits per heavy atom. The maximum Gasteiger partial charge on any atom is 0.408 e. The van der Waals surface area contributed by atoms with Crippen molar-refractivity contribution in [1.29, 1.82) is 0 Å². The van der Waals surface area contributed by atoms with Crippen molar-refractivity contribution in [3.8, 4) is 0 Å². The summed E-state index contributed by atoms with van der Waals surface area (Å²) in [5.74, 6) is -3.79. The van der Waals surface area contributed by atoms with E-state index in [1.165, 1.54) is 55.6 Å². The molecule has 57 heavy (non-hydrogen) atoms. The Hall–Kier alpha value is -5.46. The Labute approximate surface area is 343 Å². The smallest absolute Gasteiger partial charge is 0.408 e. The van der Waals surface area contributed by atoms with Gasteiger partial charge in [-0.05, 0) is 75.4 Å². The Bertz CT molecular complexity index is 1960. The molecule has 0 aliphatic rings. The highest BCUT2D eigenvalue weighted by atomic mass is 35.5. The van der Waals surface area contributed by atoms with Gasteiger partial charge in [-0.2, -0.15) is 0 Å². The topological polar surface area (TPSA) is 310 Å². The van der Waals surface area contributed by atoms with E-state index >= 15 is 0 Å². The third kappa shape index (κ3) is 17.5. The number of benzene rings is 3. The van der Waals surface area contributed by atoms with Crippen molar-refractivity contribution in [3.63, 3.8) is 0 Å². The number of methoxy groups -OCH3 is 2. The van der Waals surface area contributed by atoms with Crippen molar-refractivity contribution >= 4 is 93.2 Å². The lowest BCUT2D eigenvalue weighted by Crippen LogP contribution is -2.45. The van der Waals surface area contributed by atoms with Gasteiger partial charge in [-0.3, -0.25) is 24.0 Å². The van der Waals surface area contributed by atoms with E-state index in [2.05, 4.69) is 14.8 Å². The van der Waals surface area contributed by atoms with Gasteiger partial charge in [0.2, 0.25) is 0 Å². The van der Waals surface area contributed by atoms with Gasteiger partial charge >= 0.3 is 24.0 Å². The number of esters is 2. The highest BCUT2D eigenvalue weighted by Crippen LogP contribution is 2.22. The molecule has 0 fully saturated rings. The number of carbonyl (C=O) groups excluding carboxylic acids is 6. The average Bonchev–Trinajstić information content (AvgIpc) is 3.10. The summed E-state index contributed by atoms with van der Waals surface area (Å²) in [6, 6.07) is 9.94. The third-order valence-corrected chi connectivity index (χ3v) is 7.85. The molecular weight excluding hydrogens is 811 g/mol. The van der Waals surface area contributed by atoms with Gasteiger partial charge < -0.3 is 53.3 Å². The maximum absolute atomic E-state index is 12.4. The number of carboxylic acids is 1. The van der Waals surface area contributed by atoms with E-state index in [0.717, 1.165) is 7.11 Å². The molecule has 0 spiro atoms. The number of carbonyl (C=O) groups is 7. The first-order valence-electron chi connectivity index (χ1n) is 16.5. The lowest BCUT2D eigenvalue weighted by atomic mass is 10.0. The van der Waals surface area contributed by atoms with Crippen LogP contribution in [-0.4, -0.2) is 84.4 Å². The molecule has 3 atom stereocenters. The van der Waals surface area contributed by atoms with Gasteiger partial charge in [-0.1, -0.05) is 34.8 Å². The first kappa shape index (κ1) is 49.6. The van der Waals surface area contributed by atoms with Crippen molar-refractivity contribution in [2.24, 2.45) is 11.5 Å². The Morgan fingerprint density at radius 1 is 0.632 bits per heavy atom. The molecule has 0 bridgehead atoms. The second-order valence-corrected chi connectivity index (χ2v) is 14.2. The number of carboxylic acid groups (broad SMARTS) is 1. The number of Topliss-reactive ketones (excluding diaryl/α,β-unsaturated/α-hetero) is 3. The number of nitrogens with one attached hydrogen (secondary N) is 1. The Balaban J connectivity index is 0.000000440. The van der Waals surface area contributed by atoms with Gasteiger partial charge in [0.15, 0.2) is 17.3 Å². The normalized spacial score (nSPS) is 12.1. The molecule has 3 aromatic rings. The molecule has 310 valence electrons. The monoisotopic (exact) mass is 854 g/mol. The number of hydrogen-bond acceptors (Lipinski definition) is 15. The van der Waals surface area contributed by atoms with Gasteiger partial charge in [0.05, 0.1) is 14.2 Å². The summed E-state index contributed by atoms with van der Waals surface area (Å²) in [5.41, 5.74) is 28.4. The Morgan fingerprint density at radius 3 is 1.30 bits per heavy atom. The SMILES string of the molecule is COC(=O)[C@@H](N)CC(=O)c1ccc(Cl)cc1N.COC(=O)[C@H](CC(=O)c1ccc(Cl)cc1N)NC(=O)OC(C)(C)C.Nc1cc(Cl)ccc1C(=O)C[C@H](N)C(=O)O. The summed E-state index contributed by atoms with van der Waals surface area (Å²) in [4.78, 5) is 81.0. The molecule has 17 nitrogen and oxygen atoms in total. The third-order valence-electron chi connectivity index (χ3n) is 7.14. The predicted molar refractivity (Wildman–Crippen MR) is 215 cm³/mol. The summed E-state index contributed by atoms with van der Waals surface area (Å²) in [7, 11) is 2.37. The number of aliphatic carboxylic acids is 1.